The van der Waals surface area contributed by atoms with Crippen LogP contribution in [0.4, 0.5) is 5.69 Å². The summed E-state index contributed by atoms with van der Waals surface area (Å²) in [6.45, 7) is 4.19. The Morgan fingerprint density at radius 2 is 1.67 bits per heavy atom. The summed E-state index contributed by atoms with van der Waals surface area (Å²) < 4.78 is 0. The number of carbonyl (C=O) groups is 2. The molecule has 0 radical (unpaired) electrons. The minimum absolute atomic E-state index is 0.000963. The first-order chi connectivity index (χ1) is 11.5. The van der Waals surface area contributed by atoms with Crippen LogP contribution in [0.15, 0.2) is 59.5 Å². The lowest BCUT2D eigenvalue weighted by Crippen LogP contribution is -2.24. The first-order valence-corrected chi connectivity index (χ1v) is 8.87. The Morgan fingerprint density at radius 1 is 1.00 bits per heavy atom. The predicted octanol–water partition coefficient (Wildman–Crippen LogP) is 3.69. The van der Waals surface area contributed by atoms with Gasteiger partial charge >= 0.3 is 0 Å². The van der Waals surface area contributed by atoms with E-state index in [9.17, 15) is 9.59 Å². The molecule has 0 bridgehead atoms. The lowest BCUT2D eigenvalue weighted by molar-refractivity contribution is -0.119. The highest BCUT2D eigenvalue weighted by atomic mass is 32.2. The van der Waals surface area contributed by atoms with Crippen LogP contribution in [-0.2, 0) is 16.1 Å². The van der Waals surface area contributed by atoms with Crippen LogP contribution in [0.5, 0.6) is 0 Å². The van der Waals surface area contributed by atoms with E-state index < -0.39 is 0 Å². The molecule has 0 atom stereocenters. The Morgan fingerprint density at radius 3 is 2.29 bits per heavy atom. The third-order valence-corrected chi connectivity index (χ3v) is 4.36. The summed E-state index contributed by atoms with van der Waals surface area (Å²) in [4.78, 5) is 24.6. The molecule has 2 aromatic rings. The summed E-state index contributed by atoms with van der Waals surface area (Å²) in [5.41, 5.74) is 1.76. The summed E-state index contributed by atoms with van der Waals surface area (Å²) in [5.74, 6) is 0.341. The van der Waals surface area contributed by atoms with Crippen LogP contribution in [-0.4, -0.2) is 17.6 Å². The van der Waals surface area contributed by atoms with E-state index in [1.54, 1.807) is 0 Å². The van der Waals surface area contributed by atoms with Gasteiger partial charge in [-0.3, -0.25) is 9.59 Å². The Hall–Kier alpha value is -2.27. The number of amides is 2. The highest BCUT2D eigenvalue weighted by Gasteiger charge is 2.07. The van der Waals surface area contributed by atoms with E-state index >= 15 is 0 Å². The summed E-state index contributed by atoms with van der Waals surface area (Å²) in [5, 5.41) is 5.74. The van der Waals surface area contributed by atoms with Crippen molar-refractivity contribution < 1.29 is 9.59 Å². The van der Waals surface area contributed by atoms with Crippen molar-refractivity contribution >= 4 is 29.3 Å². The van der Waals surface area contributed by atoms with Gasteiger partial charge < -0.3 is 10.6 Å². The lowest BCUT2D eigenvalue weighted by atomic mass is 10.1. The van der Waals surface area contributed by atoms with Crippen molar-refractivity contribution in [3.8, 4) is 0 Å². The molecular weight excluding hydrogens is 320 g/mol. The molecular formula is C19H22N2O2S. The first kappa shape index (κ1) is 18.1. The largest absolute Gasteiger partial charge is 0.351 e. The highest BCUT2D eigenvalue weighted by molar-refractivity contribution is 8.00. The van der Waals surface area contributed by atoms with Crippen LogP contribution in [0.1, 0.15) is 19.4 Å². The number of thioether (sulfide) groups is 1. The van der Waals surface area contributed by atoms with Crippen LogP contribution in [0.3, 0.4) is 0 Å². The molecule has 0 saturated carbocycles. The van der Waals surface area contributed by atoms with Crippen molar-refractivity contribution in [3.63, 3.8) is 0 Å². The summed E-state index contributed by atoms with van der Waals surface area (Å²) in [6.07, 6.45) is 0. The normalized spacial score (nSPS) is 10.5. The Balaban J connectivity index is 1.75. The van der Waals surface area contributed by atoms with E-state index in [-0.39, 0.29) is 17.7 Å². The summed E-state index contributed by atoms with van der Waals surface area (Å²) in [6, 6.07) is 17.4. The van der Waals surface area contributed by atoms with E-state index in [0.717, 1.165) is 16.1 Å². The van der Waals surface area contributed by atoms with Crippen molar-refractivity contribution in [3.05, 3.63) is 60.2 Å². The smallest absolute Gasteiger partial charge is 0.230 e. The molecule has 0 fully saturated rings. The molecule has 0 aliphatic heterocycles. The molecule has 2 amide bonds. The Labute approximate surface area is 147 Å². The maximum Gasteiger partial charge on any atom is 0.230 e. The molecule has 2 N–H and O–H groups in total. The van der Waals surface area contributed by atoms with Gasteiger partial charge in [0.15, 0.2) is 0 Å². The summed E-state index contributed by atoms with van der Waals surface area (Å²) >= 11 is 1.52. The van der Waals surface area contributed by atoms with Crippen molar-refractivity contribution in [1.82, 2.24) is 5.32 Å². The van der Waals surface area contributed by atoms with E-state index in [0.29, 0.717) is 12.3 Å². The number of rotatable bonds is 7. The number of carbonyl (C=O) groups excluding carboxylic acids is 2. The fraction of sp³-hybridized carbons (Fsp3) is 0.263. The molecule has 0 unspecified atom stereocenters. The minimum Gasteiger partial charge on any atom is -0.351 e. The third kappa shape index (κ3) is 6.08. The Kier molecular flexibility index (Phi) is 6.88. The number of nitrogens with one attached hydrogen (secondary N) is 2. The molecule has 0 aliphatic rings. The maximum atomic E-state index is 11.9. The highest BCUT2D eigenvalue weighted by Crippen LogP contribution is 2.16. The van der Waals surface area contributed by atoms with Crippen LogP contribution >= 0.6 is 11.8 Å². The van der Waals surface area contributed by atoms with Gasteiger partial charge in [0.2, 0.25) is 11.8 Å². The van der Waals surface area contributed by atoms with Gasteiger partial charge in [-0.2, -0.15) is 0 Å². The van der Waals surface area contributed by atoms with Gasteiger partial charge in [-0.05, 0) is 29.8 Å². The minimum atomic E-state index is -0.0499. The topological polar surface area (TPSA) is 58.2 Å². The van der Waals surface area contributed by atoms with E-state index in [1.165, 1.54) is 11.8 Å². The molecule has 0 aliphatic carbocycles. The SMILES string of the molecule is CC(C)C(=O)Nc1ccc(CNC(=O)CSc2ccccc2)cc1. The van der Waals surface area contributed by atoms with Gasteiger partial charge in [0.1, 0.15) is 0 Å². The summed E-state index contributed by atoms with van der Waals surface area (Å²) in [7, 11) is 0. The van der Waals surface area contributed by atoms with Gasteiger partial charge in [-0.15, -0.1) is 11.8 Å². The number of anilines is 1. The molecule has 126 valence electrons. The van der Waals surface area contributed by atoms with Crippen LogP contribution < -0.4 is 10.6 Å². The van der Waals surface area contributed by atoms with Crippen LogP contribution in [0, 0.1) is 5.92 Å². The third-order valence-electron chi connectivity index (χ3n) is 3.35. The van der Waals surface area contributed by atoms with E-state index in [2.05, 4.69) is 10.6 Å². The fourth-order valence-electron chi connectivity index (χ4n) is 1.91. The maximum absolute atomic E-state index is 11.9. The zero-order valence-corrected chi connectivity index (χ0v) is 14.7. The quantitative estimate of drug-likeness (QED) is 0.755. The molecule has 4 nitrogen and oxygen atoms in total. The van der Waals surface area contributed by atoms with E-state index in [4.69, 9.17) is 0 Å². The zero-order chi connectivity index (χ0) is 17.4. The second-order valence-corrected chi connectivity index (χ2v) is 6.77. The van der Waals surface area contributed by atoms with Crippen molar-refractivity contribution in [2.45, 2.75) is 25.3 Å². The zero-order valence-electron chi connectivity index (χ0n) is 13.9. The molecule has 0 aromatic heterocycles. The van der Waals surface area contributed by atoms with Gasteiger partial charge in [0.25, 0.3) is 0 Å². The average molecular weight is 342 g/mol. The van der Waals surface area contributed by atoms with Crippen LogP contribution in [0.2, 0.25) is 0 Å². The monoisotopic (exact) mass is 342 g/mol. The Bertz CT molecular complexity index is 670. The van der Waals surface area contributed by atoms with Crippen molar-refractivity contribution in [2.75, 3.05) is 11.1 Å². The lowest BCUT2D eigenvalue weighted by Gasteiger charge is -2.09. The number of benzene rings is 2. The number of hydrogen-bond donors (Lipinski definition) is 2. The average Bonchev–Trinajstić information content (AvgIpc) is 2.60. The fourth-order valence-corrected chi connectivity index (χ4v) is 2.66. The van der Waals surface area contributed by atoms with E-state index in [1.807, 2.05) is 68.4 Å². The molecule has 2 rings (SSSR count). The molecule has 0 saturated heterocycles. The van der Waals surface area contributed by atoms with Crippen molar-refractivity contribution in [1.29, 1.82) is 0 Å². The van der Waals surface area contributed by atoms with Crippen LogP contribution in [0.25, 0.3) is 0 Å². The van der Waals surface area contributed by atoms with Gasteiger partial charge in [-0.1, -0.05) is 44.2 Å². The molecule has 24 heavy (non-hydrogen) atoms. The predicted molar refractivity (Wildman–Crippen MR) is 98.9 cm³/mol. The first-order valence-electron chi connectivity index (χ1n) is 7.89. The molecule has 2 aromatic carbocycles. The second-order valence-electron chi connectivity index (χ2n) is 5.72. The molecule has 0 spiro atoms. The standard InChI is InChI=1S/C19H22N2O2S/c1-14(2)19(23)21-16-10-8-15(9-11-16)12-20-18(22)13-24-17-6-4-3-5-7-17/h3-11,14H,12-13H2,1-2H3,(H,20,22)(H,21,23). The van der Waals surface area contributed by atoms with Gasteiger partial charge in [0, 0.05) is 23.0 Å². The second kappa shape index (κ2) is 9.13. The van der Waals surface area contributed by atoms with Crippen molar-refractivity contribution in [2.24, 2.45) is 5.92 Å². The molecule has 5 heteroatoms. The van der Waals surface area contributed by atoms with Gasteiger partial charge in [-0.25, -0.2) is 0 Å². The molecule has 0 heterocycles. The van der Waals surface area contributed by atoms with Gasteiger partial charge in [0.05, 0.1) is 5.75 Å². The number of hydrogen-bond acceptors (Lipinski definition) is 3.